The van der Waals surface area contributed by atoms with Crippen LogP contribution in [0.3, 0.4) is 0 Å². The molecule has 0 aliphatic carbocycles. The summed E-state index contributed by atoms with van der Waals surface area (Å²) in [6, 6.07) is 70.4. The summed E-state index contributed by atoms with van der Waals surface area (Å²) < 4.78 is 4.89. The minimum Gasteiger partial charge on any atom is -0.309 e. The zero-order valence-electron chi connectivity index (χ0n) is 27.4. The maximum absolute atomic E-state index is 2.47. The fourth-order valence-corrected chi connectivity index (χ4v) is 7.85. The maximum atomic E-state index is 2.47. The van der Waals surface area contributed by atoms with Crippen molar-refractivity contribution >= 4 is 43.6 Å². The minimum atomic E-state index is 1.15. The van der Waals surface area contributed by atoms with Crippen LogP contribution in [0.25, 0.3) is 88.4 Å². The second-order valence-electron chi connectivity index (χ2n) is 13.0. The van der Waals surface area contributed by atoms with Gasteiger partial charge in [0.15, 0.2) is 0 Å². The highest BCUT2D eigenvalue weighted by Gasteiger charge is 2.21. The molecule has 0 bridgehead atoms. The highest BCUT2D eigenvalue weighted by molar-refractivity contribution is 6.29. The Morgan fingerprint density at radius 1 is 0.240 bits per heavy atom. The second kappa shape index (κ2) is 11.5. The largest absolute Gasteiger partial charge is 0.309 e. The molecule has 0 fully saturated rings. The molecule has 0 aliphatic heterocycles. The summed E-state index contributed by atoms with van der Waals surface area (Å²) >= 11 is 0. The first-order chi connectivity index (χ1) is 24.8. The topological polar surface area (TPSA) is 9.86 Å². The van der Waals surface area contributed by atoms with Gasteiger partial charge in [0.1, 0.15) is 0 Å². The lowest BCUT2D eigenvalue weighted by atomic mass is 9.98. The van der Waals surface area contributed by atoms with E-state index in [1.165, 1.54) is 77.0 Å². The van der Waals surface area contributed by atoms with Crippen molar-refractivity contribution in [3.63, 3.8) is 0 Å². The third-order valence-electron chi connectivity index (χ3n) is 10.1. The van der Waals surface area contributed by atoms with Crippen LogP contribution in [0.4, 0.5) is 0 Å². The van der Waals surface area contributed by atoms with Gasteiger partial charge in [0.2, 0.25) is 0 Å². The zero-order chi connectivity index (χ0) is 33.0. The quantitative estimate of drug-likeness (QED) is 0.178. The molecule has 0 radical (unpaired) electrons. The number of hydrogen-bond acceptors (Lipinski definition) is 0. The molecule has 0 spiro atoms. The highest BCUT2D eigenvalue weighted by Crippen LogP contribution is 2.44. The first-order valence-corrected chi connectivity index (χ1v) is 17.2. The Labute approximate surface area is 290 Å². The van der Waals surface area contributed by atoms with E-state index in [0.29, 0.717) is 0 Å². The van der Waals surface area contributed by atoms with Crippen LogP contribution in [-0.4, -0.2) is 9.13 Å². The van der Waals surface area contributed by atoms with E-state index in [-0.39, 0.29) is 0 Å². The number of aromatic nitrogens is 2. The fraction of sp³-hybridized carbons (Fsp3) is 0. The zero-order valence-corrected chi connectivity index (χ0v) is 27.4. The van der Waals surface area contributed by atoms with E-state index < -0.39 is 0 Å². The number of rotatable bonds is 5. The normalized spacial score (nSPS) is 11.6. The van der Waals surface area contributed by atoms with Crippen molar-refractivity contribution in [1.82, 2.24) is 9.13 Å². The lowest BCUT2D eigenvalue weighted by Crippen LogP contribution is -1.96. The van der Waals surface area contributed by atoms with Gasteiger partial charge in [-0.1, -0.05) is 133 Å². The van der Waals surface area contributed by atoms with Crippen molar-refractivity contribution < 1.29 is 0 Å². The molecule has 0 atom stereocenters. The number of hydrogen-bond donors (Lipinski definition) is 0. The van der Waals surface area contributed by atoms with Gasteiger partial charge in [0.25, 0.3) is 0 Å². The van der Waals surface area contributed by atoms with E-state index in [9.17, 15) is 0 Å². The number of para-hydroxylation sites is 2. The molecule has 2 aromatic heterocycles. The average Bonchev–Trinajstić information content (AvgIpc) is 3.71. The molecule has 10 aromatic rings. The predicted molar refractivity (Wildman–Crippen MR) is 211 cm³/mol. The molecule has 8 aromatic carbocycles. The van der Waals surface area contributed by atoms with Crippen molar-refractivity contribution in [2.24, 2.45) is 0 Å². The SMILES string of the molecule is c1ccc(-c2cc(-c3ccccc3)cc(-n3c4ccccc4c4c5c6cc(-c7ccccc7)ccc6n(-c6ccccc6)c5ccc43)c2)cc1. The first kappa shape index (κ1) is 28.4. The van der Waals surface area contributed by atoms with Gasteiger partial charge in [-0.05, 0) is 94.0 Å². The van der Waals surface area contributed by atoms with Crippen molar-refractivity contribution in [3.05, 3.63) is 194 Å². The summed E-state index contributed by atoms with van der Waals surface area (Å²) in [7, 11) is 0. The Hall–Kier alpha value is -6.64. The van der Waals surface area contributed by atoms with Crippen LogP contribution in [-0.2, 0) is 0 Å². The van der Waals surface area contributed by atoms with Gasteiger partial charge in [-0.15, -0.1) is 0 Å². The summed E-state index contributed by atoms with van der Waals surface area (Å²) in [5.41, 5.74) is 14.3. The van der Waals surface area contributed by atoms with E-state index >= 15 is 0 Å². The number of benzene rings is 8. The van der Waals surface area contributed by atoms with Crippen LogP contribution in [0, 0.1) is 0 Å². The van der Waals surface area contributed by atoms with Crippen LogP contribution in [0.2, 0.25) is 0 Å². The third-order valence-corrected chi connectivity index (χ3v) is 10.1. The minimum absolute atomic E-state index is 1.15. The summed E-state index contributed by atoms with van der Waals surface area (Å²) in [5, 5.41) is 5.05. The van der Waals surface area contributed by atoms with E-state index in [1.807, 2.05) is 0 Å². The van der Waals surface area contributed by atoms with Gasteiger partial charge < -0.3 is 9.13 Å². The van der Waals surface area contributed by atoms with Crippen LogP contribution in [0.15, 0.2) is 194 Å². The van der Waals surface area contributed by atoms with Crippen LogP contribution in [0.1, 0.15) is 0 Å². The third kappa shape index (κ3) is 4.50. The summed E-state index contributed by atoms with van der Waals surface area (Å²) in [6.45, 7) is 0. The van der Waals surface area contributed by atoms with E-state index in [2.05, 4.69) is 203 Å². The predicted octanol–water partition coefficient (Wildman–Crippen LogP) is 12.9. The molecule has 0 amide bonds. The molecule has 50 heavy (non-hydrogen) atoms. The maximum Gasteiger partial charge on any atom is 0.0548 e. The molecule has 0 saturated carbocycles. The van der Waals surface area contributed by atoms with E-state index in [4.69, 9.17) is 0 Å². The van der Waals surface area contributed by atoms with Crippen molar-refractivity contribution in [3.8, 4) is 44.8 Å². The number of nitrogens with zero attached hydrogens (tertiary/aromatic N) is 2. The summed E-state index contributed by atoms with van der Waals surface area (Å²) in [5.74, 6) is 0. The Kier molecular flexibility index (Phi) is 6.53. The molecule has 2 heterocycles. The molecule has 234 valence electrons. The Morgan fingerprint density at radius 3 is 1.28 bits per heavy atom. The first-order valence-electron chi connectivity index (χ1n) is 17.2. The van der Waals surface area contributed by atoms with Crippen molar-refractivity contribution in [2.45, 2.75) is 0 Å². The van der Waals surface area contributed by atoms with Gasteiger partial charge in [0.05, 0.1) is 22.1 Å². The molecule has 0 unspecified atom stereocenters. The Bertz CT molecular complexity index is 2770. The van der Waals surface area contributed by atoms with Gasteiger partial charge in [-0.25, -0.2) is 0 Å². The molecule has 2 nitrogen and oxygen atoms in total. The van der Waals surface area contributed by atoms with Crippen molar-refractivity contribution in [2.75, 3.05) is 0 Å². The van der Waals surface area contributed by atoms with Crippen LogP contribution >= 0.6 is 0 Å². The van der Waals surface area contributed by atoms with Crippen LogP contribution in [0.5, 0.6) is 0 Å². The summed E-state index contributed by atoms with van der Waals surface area (Å²) in [4.78, 5) is 0. The van der Waals surface area contributed by atoms with E-state index in [1.54, 1.807) is 0 Å². The van der Waals surface area contributed by atoms with Crippen molar-refractivity contribution in [1.29, 1.82) is 0 Å². The number of fused-ring (bicyclic) bond motifs is 7. The Morgan fingerprint density at radius 2 is 0.680 bits per heavy atom. The highest BCUT2D eigenvalue weighted by atomic mass is 15.0. The fourth-order valence-electron chi connectivity index (χ4n) is 7.85. The van der Waals surface area contributed by atoms with E-state index in [0.717, 1.165) is 11.4 Å². The van der Waals surface area contributed by atoms with Crippen LogP contribution < -0.4 is 0 Å². The van der Waals surface area contributed by atoms with Gasteiger partial charge in [-0.3, -0.25) is 0 Å². The Balaban J connectivity index is 1.33. The van der Waals surface area contributed by atoms with Gasteiger partial charge in [0, 0.05) is 32.9 Å². The standard InChI is InChI=1S/C48H32N2/c1-5-15-33(16-6-1)36-25-26-44-42(32-36)48-46(49(44)39-21-11-4-12-22-39)28-27-45-47(48)41-23-13-14-24-43(41)50(45)40-30-37(34-17-7-2-8-18-34)29-38(31-40)35-19-9-3-10-20-35/h1-32H. The molecule has 0 aliphatic rings. The molecule has 0 saturated heterocycles. The summed E-state index contributed by atoms with van der Waals surface area (Å²) in [6.07, 6.45) is 0. The molecule has 2 heteroatoms. The monoisotopic (exact) mass is 636 g/mol. The molecular formula is C48H32N2. The van der Waals surface area contributed by atoms with Gasteiger partial charge in [-0.2, -0.15) is 0 Å². The lowest BCUT2D eigenvalue weighted by molar-refractivity contribution is 1.17. The van der Waals surface area contributed by atoms with Gasteiger partial charge >= 0.3 is 0 Å². The molecular weight excluding hydrogens is 605 g/mol. The second-order valence-corrected chi connectivity index (χ2v) is 13.0. The lowest BCUT2D eigenvalue weighted by Gasteiger charge is -2.14. The molecule has 0 N–H and O–H groups in total. The average molecular weight is 637 g/mol. The smallest absolute Gasteiger partial charge is 0.0548 e. The molecule has 10 rings (SSSR count).